The maximum absolute atomic E-state index is 11.4. The largest absolute Gasteiger partial charge is 0.450 e. The van der Waals surface area contributed by atoms with E-state index >= 15 is 0 Å². The fraction of sp³-hybridized carbons (Fsp3) is 0.909. The molecule has 3 nitrogen and oxygen atoms in total. The van der Waals surface area contributed by atoms with Crippen LogP contribution >= 0.6 is 0 Å². The van der Waals surface area contributed by atoms with Gasteiger partial charge in [-0.25, -0.2) is 4.79 Å². The number of hydrogen-bond donors (Lipinski definition) is 0. The van der Waals surface area contributed by atoms with E-state index in [0.717, 1.165) is 31.8 Å². The van der Waals surface area contributed by atoms with E-state index < -0.39 is 0 Å². The molecule has 0 aliphatic carbocycles. The second-order valence-corrected chi connectivity index (χ2v) is 3.92. The van der Waals surface area contributed by atoms with Gasteiger partial charge in [0.2, 0.25) is 0 Å². The lowest BCUT2D eigenvalue weighted by atomic mass is 9.93. The number of hydrogen-bond acceptors (Lipinski definition) is 2. The predicted octanol–water partition coefficient (Wildman–Crippen LogP) is 2.66. The average Bonchev–Trinajstić information content (AvgIpc) is 2.20. The second kappa shape index (κ2) is 5.89. The van der Waals surface area contributed by atoms with Gasteiger partial charge in [-0.1, -0.05) is 19.8 Å². The van der Waals surface area contributed by atoms with Gasteiger partial charge in [-0.2, -0.15) is 0 Å². The molecule has 0 atom stereocenters. The van der Waals surface area contributed by atoms with Crippen molar-refractivity contribution in [2.24, 2.45) is 5.92 Å². The van der Waals surface area contributed by atoms with Crippen LogP contribution in [0.3, 0.4) is 0 Å². The van der Waals surface area contributed by atoms with Gasteiger partial charge in [-0.05, 0) is 25.7 Å². The predicted molar refractivity (Wildman–Crippen MR) is 56.2 cm³/mol. The molecule has 0 aromatic heterocycles. The van der Waals surface area contributed by atoms with Crippen LogP contribution in [0.4, 0.5) is 4.79 Å². The quantitative estimate of drug-likeness (QED) is 0.699. The van der Waals surface area contributed by atoms with Gasteiger partial charge in [-0.15, -0.1) is 0 Å². The van der Waals surface area contributed by atoms with E-state index in [4.69, 9.17) is 4.74 Å². The topological polar surface area (TPSA) is 29.5 Å². The minimum Gasteiger partial charge on any atom is -0.450 e. The molecule has 1 saturated heterocycles. The van der Waals surface area contributed by atoms with Gasteiger partial charge in [0.1, 0.15) is 0 Å². The van der Waals surface area contributed by atoms with Crippen molar-refractivity contribution in [2.75, 3.05) is 19.7 Å². The van der Waals surface area contributed by atoms with Crippen molar-refractivity contribution in [3.05, 3.63) is 0 Å². The minimum atomic E-state index is -0.137. The van der Waals surface area contributed by atoms with Crippen LogP contribution in [0.2, 0.25) is 0 Å². The summed E-state index contributed by atoms with van der Waals surface area (Å²) in [4.78, 5) is 13.2. The zero-order chi connectivity index (χ0) is 10.4. The zero-order valence-electron chi connectivity index (χ0n) is 9.29. The Bertz CT molecular complexity index is 174. The second-order valence-electron chi connectivity index (χ2n) is 3.92. The molecule has 1 fully saturated rings. The van der Waals surface area contributed by atoms with Crippen molar-refractivity contribution < 1.29 is 9.53 Å². The smallest absolute Gasteiger partial charge is 0.409 e. The van der Waals surface area contributed by atoms with Gasteiger partial charge in [0, 0.05) is 13.1 Å². The van der Waals surface area contributed by atoms with Gasteiger partial charge in [0.15, 0.2) is 0 Å². The summed E-state index contributed by atoms with van der Waals surface area (Å²) in [7, 11) is 0. The number of likely N-dealkylation sites (tertiary alicyclic amines) is 1. The van der Waals surface area contributed by atoms with Gasteiger partial charge >= 0.3 is 6.09 Å². The van der Waals surface area contributed by atoms with E-state index in [0.29, 0.717) is 6.61 Å². The Balaban J connectivity index is 2.24. The lowest BCUT2D eigenvalue weighted by molar-refractivity contribution is 0.0909. The summed E-state index contributed by atoms with van der Waals surface area (Å²) in [5.74, 6) is 0.825. The van der Waals surface area contributed by atoms with Crippen LogP contribution in [0.1, 0.15) is 39.5 Å². The van der Waals surface area contributed by atoms with Crippen LogP contribution < -0.4 is 0 Å². The first-order chi connectivity index (χ1) is 6.77. The maximum atomic E-state index is 11.4. The molecule has 0 N–H and O–H groups in total. The Morgan fingerprint density at radius 1 is 1.36 bits per heavy atom. The third-order valence-corrected chi connectivity index (χ3v) is 2.84. The summed E-state index contributed by atoms with van der Waals surface area (Å²) in [6.45, 7) is 6.31. The Hall–Kier alpha value is -0.730. The number of carbonyl (C=O) groups is 1. The number of amides is 1. The molecule has 0 radical (unpaired) electrons. The van der Waals surface area contributed by atoms with Crippen LogP contribution in [-0.4, -0.2) is 30.7 Å². The molecule has 0 unspecified atom stereocenters. The Morgan fingerprint density at radius 2 is 2.00 bits per heavy atom. The number of nitrogens with zero attached hydrogens (tertiary/aromatic N) is 1. The first-order valence-electron chi connectivity index (χ1n) is 5.69. The van der Waals surface area contributed by atoms with Crippen LogP contribution in [-0.2, 0) is 4.74 Å². The summed E-state index contributed by atoms with van der Waals surface area (Å²) in [6.07, 6.45) is 4.71. The molecule has 1 amide bonds. The van der Waals surface area contributed by atoms with E-state index in [1.54, 1.807) is 0 Å². The molecule has 0 aromatic carbocycles. The van der Waals surface area contributed by atoms with Crippen LogP contribution in [0.5, 0.6) is 0 Å². The van der Waals surface area contributed by atoms with E-state index in [-0.39, 0.29) is 6.09 Å². The Kier molecular flexibility index (Phi) is 4.77. The lowest BCUT2D eigenvalue weighted by Crippen LogP contribution is -2.38. The van der Waals surface area contributed by atoms with Crippen LogP contribution in [0.15, 0.2) is 0 Å². The third-order valence-electron chi connectivity index (χ3n) is 2.84. The number of carbonyl (C=O) groups excluding carboxylic acids is 1. The van der Waals surface area contributed by atoms with E-state index in [1.165, 1.54) is 12.8 Å². The van der Waals surface area contributed by atoms with Crippen molar-refractivity contribution in [2.45, 2.75) is 39.5 Å². The standard InChI is InChI=1S/C11H21NO2/c1-3-5-10-6-8-12(9-7-10)11(13)14-4-2/h10H,3-9H2,1-2H3. The van der Waals surface area contributed by atoms with E-state index in [1.807, 2.05) is 11.8 Å². The highest BCUT2D eigenvalue weighted by Gasteiger charge is 2.22. The molecule has 0 aromatic rings. The molecule has 82 valence electrons. The van der Waals surface area contributed by atoms with Crippen LogP contribution in [0, 0.1) is 5.92 Å². The molecule has 0 spiro atoms. The average molecular weight is 199 g/mol. The molecule has 1 aliphatic heterocycles. The van der Waals surface area contributed by atoms with E-state index in [9.17, 15) is 4.79 Å². The summed E-state index contributed by atoms with van der Waals surface area (Å²) < 4.78 is 4.96. The maximum Gasteiger partial charge on any atom is 0.409 e. The highest BCUT2D eigenvalue weighted by molar-refractivity contribution is 5.67. The number of ether oxygens (including phenoxy) is 1. The van der Waals surface area contributed by atoms with Gasteiger partial charge in [0.05, 0.1) is 6.61 Å². The third kappa shape index (κ3) is 3.20. The summed E-state index contributed by atoms with van der Waals surface area (Å²) >= 11 is 0. The fourth-order valence-electron chi connectivity index (χ4n) is 2.03. The normalized spacial score (nSPS) is 18.3. The van der Waals surface area contributed by atoms with E-state index in [2.05, 4.69) is 6.92 Å². The SMILES string of the molecule is CCCC1CCN(C(=O)OCC)CC1. The van der Waals surface area contributed by atoms with Crippen molar-refractivity contribution in [1.29, 1.82) is 0 Å². The van der Waals surface area contributed by atoms with Crippen molar-refractivity contribution in [1.82, 2.24) is 4.90 Å². The summed E-state index contributed by atoms with van der Waals surface area (Å²) in [5, 5.41) is 0. The van der Waals surface area contributed by atoms with Crippen molar-refractivity contribution in [3.63, 3.8) is 0 Å². The monoisotopic (exact) mass is 199 g/mol. The molecule has 1 rings (SSSR count). The van der Waals surface area contributed by atoms with Gasteiger partial charge < -0.3 is 9.64 Å². The van der Waals surface area contributed by atoms with Gasteiger partial charge in [0.25, 0.3) is 0 Å². The molecule has 3 heteroatoms. The summed E-state index contributed by atoms with van der Waals surface area (Å²) in [5.41, 5.74) is 0. The molecular weight excluding hydrogens is 178 g/mol. The summed E-state index contributed by atoms with van der Waals surface area (Å²) in [6, 6.07) is 0. The molecule has 1 heterocycles. The highest BCUT2D eigenvalue weighted by atomic mass is 16.6. The highest BCUT2D eigenvalue weighted by Crippen LogP contribution is 2.21. The first kappa shape index (κ1) is 11.3. The lowest BCUT2D eigenvalue weighted by Gasteiger charge is -2.31. The van der Waals surface area contributed by atoms with Gasteiger partial charge in [-0.3, -0.25) is 0 Å². The van der Waals surface area contributed by atoms with Crippen LogP contribution in [0.25, 0.3) is 0 Å². The molecular formula is C11H21NO2. The Labute approximate surface area is 86.4 Å². The Morgan fingerprint density at radius 3 is 2.50 bits per heavy atom. The minimum absolute atomic E-state index is 0.137. The van der Waals surface area contributed by atoms with Crippen molar-refractivity contribution in [3.8, 4) is 0 Å². The van der Waals surface area contributed by atoms with Crippen molar-refractivity contribution >= 4 is 6.09 Å². The molecule has 14 heavy (non-hydrogen) atoms. The number of rotatable bonds is 3. The molecule has 1 aliphatic rings. The molecule has 0 saturated carbocycles. The zero-order valence-corrected chi connectivity index (χ0v) is 9.29. The molecule has 0 bridgehead atoms. The first-order valence-corrected chi connectivity index (χ1v) is 5.69. The number of piperidine rings is 1. The fourth-order valence-corrected chi connectivity index (χ4v) is 2.03.